The van der Waals surface area contributed by atoms with E-state index in [1.807, 2.05) is 26.8 Å². The van der Waals surface area contributed by atoms with E-state index >= 15 is 0 Å². The number of aliphatic hydroxyl groups is 1. The molecule has 2 heterocycles. The van der Waals surface area contributed by atoms with Crippen molar-refractivity contribution in [1.82, 2.24) is 5.01 Å². The quantitative estimate of drug-likeness (QED) is 0.355. The lowest BCUT2D eigenvalue weighted by atomic mass is 9.92. The zero-order chi connectivity index (χ0) is 28.3. The van der Waals surface area contributed by atoms with Gasteiger partial charge < -0.3 is 10.5 Å². The predicted molar refractivity (Wildman–Crippen MR) is 153 cm³/mol. The Kier molecular flexibility index (Phi) is 8.54. The number of fused-ring (bicyclic) bond motifs is 1. The number of amides is 2. The summed E-state index contributed by atoms with van der Waals surface area (Å²) < 4.78 is 23.8. The molecule has 1 fully saturated rings. The first kappa shape index (κ1) is 28.5. The van der Waals surface area contributed by atoms with E-state index in [1.165, 1.54) is 22.6 Å². The normalized spacial score (nSPS) is 22.5. The molecule has 0 spiro atoms. The van der Waals surface area contributed by atoms with Crippen molar-refractivity contribution in [3.05, 3.63) is 90.0 Å². The lowest BCUT2D eigenvalue weighted by molar-refractivity contribution is -0.123. The van der Waals surface area contributed by atoms with E-state index in [2.05, 4.69) is 11.5 Å². The second-order valence-corrected chi connectivity index (χ2v) is 12.3. The van der Waals surface area contributed by atoms with Crippen molar-refractivity contribution in [2.45, 2.75) is 56.7 Å². The number of nitrogens with one attached hydrogen (secondary N) is 1. The van der Waals surface area contributed by atoms with Gasteiger partial charge in [-0.15, -0.1) is 0 Å². The van der Waals surface area contributed by atoms with Crippen LogP contribution in [0.5, 0.6) is 0 Å². The number of imide groups is 1. The lowest BCUT2D eigenvalue weighted by Gasteiger charge is -2.40. The molecule has 0 radical (unpaired) electrons. The Bertz CT molecular complexity index is 1410. The number of carbonyl (C=O) groups excluding carboxylic acids is 2. The fraction of sp³-hybridized carbons (Fsp3) is 0.333. The molecule has 4 rings (SSSR count). The smallest absolute Gasteiger partial charge is 0.254 e. The number of hydrogen-bond acceptors (Lipinski definition) is 7. The molecule has 0 saturated carbocycles. The first-order valence-corrected chi connectivity index (χ1v) is 14.8. The Balaban J connectivity index is 1.67. The summed E-state index contributed by atoms with van der Waals surface area (Å²) in [5.74, 6) is -1.48. The third-order valence-corrected chi connectivity index (χ3v) is 8.04. The van der Waals surface area contributed by atoms with E-state index in [9.17, 15) is 23.1 Å². The Morgan fingerprint density at radius 1 is 1.00 bits per heavy atom. The van der Waals surface area contributed by atoms with Crippen molar-refractivity contribution < 1.29 is 23.1 Å². The first-order valence-electron chi connectivity index (χ1n) is 12.9. The van der Waals surface area contributed by atoms with Crippen LogP contribution in [0.15, 0.2) is 94.9 Å². The van der Waals surface area contributed by atoms with Crippen LogP contribution in [-0.4, -0.2) is 54.8 Å². The molecular formula is C30H35N3O5S. The lowest BCUT2D eigenvalue weighted by Crippen LogP contribution is -2.57. The van der Waals surface area contributed by atoms with Crippen LogP contribution in [0.3, 0.4) is 0 Å². The SMILES string of the molecule is CC(C)=CCC/C(C)=C/[C@@H](O)[C@H]1C=CC2C(=O)N(c3ccccc3)C(=O)[C@H]2N1Nc1ccc(S(C)(=O)=O)cc1. The highest BCUT2D eigenvalue weighted by atomic mass is 32.2. The maximum atomic E-state index is 13.7. The number of hydrogen-bond donors (Lipinski definition) is 2. The van der Waals surface area contributed by atoms with Crippen molar-refractivity contribution in [2.75, 3.05) is 16.6 Å². The van der Waals surface area contributed by atoms with Gasteiger partial charge in [-0.2, -0.15) is 0 Å². The molecule has 2 amide bonds. The van der Waals surface area contributed by atoms with E-state index < -0.39 is 39.8 Å². The summed E-state index contributed by atoms with van der Waals surface area (Å²) >= 11 is 0. The van der Waals surface area contributed by atoms with Crippen molar-refractivity contribution >= 4 is 33.0 Å². The van der Waals surface area contributed by atoms with Gasteiger partial charge in [0.25, 0.3) is 5.91 Å². The molecule has 206 valence electrons. The van der Waals surface area contributed by atoms with Crippen LogP contribution >= 0.6 is 0 Å². The number of carbonyl (C=O) groups is 2. The van der Waals surface area contributed by atoms with Gasteiger partial charge in [-0.1, -0.05) is 53.6 Å². The molecule has 1 unspecified atom stereocenters. The van der Waals surface area contributed by atoms with Gasteiger partial charge in [0.05, 0.1) is 28.6 Å². The molecule has 0 bridgehead atoms. The number of para-hydroxylation sites is 1. The van der Waals surface area contributed by atoms with Gasteiger partial charge in [0.15, 0.2) is 9.84 Å². The van der Waals surface area contributed by atoms with Gasteiger partial charge in [-0.3, -0.25) is 9.59 Å². The number of sulfone groups is 1. The van der Waals surface area contributed by atoms with Gasteiger partial charge in [-0.05, 0) is 70.0 Å². The van der Waals surface area contributed by atoms with Crippen LogP contribution in [0.25, 0.3) is 0 Å². The molecule has 9 heteroatoms. The number of rotatable bonds is 9. The molecule has 8 nitrogen and oxygen atoms in total. The number of aliphatic hydroxyl groups excluding tert-OH is 1. The molecule has 2 aromatic rings. The number of anilines is 2. The molecule has 0 aliphatic carbocycles. The maximum absolute atomic E-state index is 13.7. The molecule has 2 aliphatic rings. The molecular weight excluding hydrogens is 514 g/mol. The van der Waals surface area contributed by atoms with Crippen molar-refractivity contribution in [1.29, 1.82) is 0 Å². The zero-order valence-corrected chi connectivity index (χ0v) is 23.4. The number of nitrogens with zero attached hydrogens (tertiary/aromatic N) is 2. The van der Waals surface area contributed by atoms with Crippen LogP contribution in [-0.2, 0) is 19.4 Å². The average Bonchev–Trinajstić information content (AvgIpc) is 3.14. The van der Waals surface area contributed by atoms with E-state index in [-0.39, 0.29) is 10.8 Å². The molecule has 39 heavy (non-hydrogen) atoms. The van der Waals surface area contributed by atoms with Gasteiger partial charge in [0.2, 0.25) is 5.91 Å². The van der Waals surface area contributed by atoms with E-state index in [4.69, 9.17) is 0 Å². The molecule has 4 atom stereocenters. The second-order valence-electron chi connectivity index (χ2n) is 10.3. The Morgan fingerprint density at radius 3 is 2.28 bits per heavy atom. The Labute approximate surface area is 230 Å². The summed E-state index contributed by atoms with van der Waals surface area (Å²) in [6.45, 7) is 6.05. The van der Waals surface area contributed by atoms with Gasteiger partial charge in [0, 0.05) is 11.9 Å². The third kappa shape index (κ3) is 6.38. The largest absolute Gasteiger partial charge is 0.387 e. The Morgan fingerprint density at radius 2 is 1.67 bits per heavy atom. The summed E-state index contributed by atoms with van der Waals surface area (Å²) in [5, 5.41) is 12.9. The predicted octanol–water partition coefficient (Wildman–Crippen LogP) is 4.27. The van der Waals surface area contributed by atoms with Gasteiger partial charge >= 0.3 is 0 Å². The topological polar surface area (TPSA) is 107 Å². The highest BCUT2D eigenvalue weighted by Crippen LogP contribution is 2.36. The molecule has 2 aliphatic heterocycles. The van der Waals surface area contributed by atoms with Crippen LogP contribution < -0.4 is 10.3 Å². The van der Waals surface area contributed by atoms with Crippen molar-refractivity contribution in [2.24, 2.45) is 5.92 Å². The highest BCUT2D eigenvalue weighted by molar-refractivity contribution is 7.90. The van der Waals surface area contributed by atoms with Crippen molar-refractivity contribution in [3.8, 4) is 0 Å². The summed E-state index contributed by atoms with van der Waals surface area (Å²) in [7, 11) is -3.38. The van der Waals surface area contributed by atoms with E-state index in [1.54, 1.807) is 59.6 Å². The fourth-order valence-corrected chi connectivity index (χ4v) is 5.54. The third-order valence-electron chi connectivity index (χ3n) is 6.91. The van der Waals surface area contributed by atoms with Gasteiger partial charge in [-0.25, -0.2) is 18.3 Å². The van der Waals surface area contributed by atoms with Crippen LogP contribution in [0, 0.1) is 5.92 Å². The number of hydrazine groups is 1. The molecule has 1 saturated heterocycles. The highest BCUT2D eigenvalue weighted by Gasteiger charge is 2.53. The number of allylic oxidation sites excluding steroid dienone is 3. The minimum atomic E-state index is -3.38. The van der Waals surface area contributed by atoms with E-state index in [0.717, 1.165) is 24.7 Å². The summed E-state index contributed by atoms with van der Waals surface area (Å²) in [6.07, 6.45) is 9.19. The molecule has 2 aromatic carbocycles. The Hall–Kier alpha value is -3.53. The number of benzene rings is 2. The maximum Gasteiger partial charge on any atom is 0.254 e. The summed E-state index contributed by atoms with van der Waals surface area (Å²) in [6, 6.07) is 13.4. The fourth-order valence-electron chi connectivity index (χ4n) is 4.91. The van der Waals surface area contributed by atoms with Crippen LogP contribution in [0.4, 0.5) is 11.4 Å². The average molecular weight is 550 g/mol. The monoisotopic (exact) mass is 549 g/mol. The van der Waals surface area contributed by atoms with Crippen LogP contribution in [0.1, 0.15) is 33.6 Å². The molecule has 0 aromatic heterocycles. The zero-order valence-electron chi connectivity index (χ0n) is 22.6. The summed E-state index contributed by atoms with van der Waals surface area (Å²) in [5.41, 5.74) is 6.45. The van der Waals surface area contributed by atoms with Crippen molar-refractivity contribution in [3.63, 3.8) is 0 Å². The summed E-state index contributed by atoms with van der Waals surface area (Å²) in [4.78, 5) is 28.5. The molecule has 2 N–H and O–H groups in total. The first-order chi connectivity index (χ1) is 18.5. The van der Waals surface area contributed by atoms with Crippen LogP contribution in [0.2, 0.25) is 0 Å². The van der Waals surface area contributed by atoms with Gasteiger partial charge in [0.1, 0.15) is 6.04 Å². The standard InChI is InChI=1S/C30H35N3O5S/c1-20(2)9-8-10-21(3)19-27(34)26-18-17-25-28(30(36)32(29(25)35)23-11-6-5-7-12-23)33(26)31-22-13-15-24(16-14-22)39(4,37)38/h5-7,9,11-19,25-28,31,34H,8,10H2,1-4H3/b21-19+/t25?,26-,27-,28+/m1/s1. The second kappa shape index (κ2) is 11.7. The van der Waals surface area contributed by atoms with E-state index in [0.29, 0.717) is 11.4 Å². The minimum absolute atomic E-state index is 0.165. The minimum Gasteiger partial charge on any atom is -0.387 e.